The van der Waals surface area contributed by atoms with Gasteiger partial charge in [0, 0.05) is 10.2 Å². The number of anilines is 1. The van der Waals surface area contributed by atoms with E-state index in [1.54, 1.807) is 12.1 Å². The number of nitrogens with one attached hydrogen (secondary N) is 1. The molecule has 0 aromatic heterocycles. The Bertz CT molecular complexity index is 550. The zero-order valence-corrected chi connectivity index (χ0v) is 12.0. The molecule has 100 valence electrons. The minimum absolute atomic E-state index is 0.297. The van der Waals surface area contributed by atoms with Crippen molar-refractivity contribution in [2.75, 3.05) is 5.73 Å². The van der Waals surface area contributed by atoms with Gasteiger partial charge in [-0.15, -0.1) is 0 Å². The Morgan fingerprint density at radius 3 is 2.58 bits per heavy atom. The quantitative estimate of drug-likeness (QED) is 0.462. The van der Waals surface area contributed by atoms with Gasteiger partial charge in [-0.2, -0.15) is 0 Å². The van der Waals surface area contributed by atoms with Crippen molar-refractivity contribution in [1.82, 2.24) is 5.43 Å². The molecule has 2 aromatic carbocycles. The van der Waals surface area contributed by atoms with E-state index in [9.17, 15) is 4.39 Å². The molecule has 0 bridgehead atoms. The zero-order chi connectivity index (χ0) is 14.0. The number of nitrogen functional groups attached to an aromatic ring is 1. The Hall–Kier alpha value is -1.43. The van der Waals surface area contributed by atoms with Crippen molar-refractivity contribution in [2.24, 2.45) is 5.84 Å². The van der Waals surface area contributed by atoms with E-state index in [1.807, 2.05) is 19.1 Å². The van der Waals surface area contributed by atoms with Crippen molar-refractivity contribution in [1.29, 1.82) is 0 Å². The molecule has 0 heterocycles. The summed E-state index contributed by atoms with van der Waals surface area (Å²) in [6.07, 6.45) is 0. The molecule has 0 saturated heterocycles. The molecule has 0 saturated carbocycles. The lowest BCUT2D eigenvalue weighted by Crippen LogP contribution is -2.30. The number of halogens is 2. The van der Waals surface area contributed by atoms with Crippen LogP contribution in [0, 0.1) is 12.7 Å². The molecule has 0 aliphatic carbocycles. The van der Waals surface area contributed by atoms with Gasteiger partial charge in [0.05, 0.1) is 6.04 Å². The fraction of sp³-hybridized carbons (Fsp3) is 0.143. The van der Waals surface area contributed by atoms with Gasteiger partial charge in [0.25, 0.3) is 0 Å². The number of hydrogen-bond donors (Lipinski definition) is 3. The number of nitrogens with two attached hydrogens (primary N) is 2. The molecule has 0 amide bonds. The van der Waals surface area contributed by atoms with E-state index in [-0.39, 0.29) is 11.9 Å². The molecule has 0 aliphatic heterocycles. The van der Waals surface area contributed by atoms with Crippen LogP contribution in [0.1, 0.15) is 22.7 Å². The number of aryl methyl sites for hydroxylation is 1. The van der Waals surface area contributed by atoms with Gasteiger partial charge in [-0.05, 0) is 53.9 Å². The average Bonchev–Trinajstić information content (AvgIpc) is 2.38. The first-order valence-electron chi connectivity index (χ1n) is 5.80. The van der Waals surface area contributed by atoms with E-state index < -0.39 is 0 Å². The van der Waals surface area contributed by atoms with Gasteiger partial charge in [-0.1, -0.05) is 22.0 Å². The molecule has 1 atom stereocenters. The summed E-state index contributed by atoms with van der Waals surface area (Å²) in [7, 11) is 0. The van der Waals surface area contributed by atoms with Gasteiger partial charge in [0.15, 0.2) is 0 Å². The van der Waals surface area contributed by atoms with E-state index in [4.69, 9.17) is 11.6 Å². The highest BCUT2D eigenvalue weighted by atomic mass is 79.9. The zero-order valence-electron chi connectivity index (χ0n) is 10.5. The Kier molecular flexibility index (Phi) is 4.19. The van der Waals surface area contributed by atoms with Gasteiger partial charge >= 0.3 is 0 Å². The van der Waals surface area contributed by atoms with Crippen LogP contribution < -0.4 is 17.0 Å². The van der Waals surface area contributed by atoms with Crippen LogP contribution in [0.5, 0.6) is 0 Å². The van der Waals surface area contributed by atoms with Crippen LogP contribution in [0.2, 0.25) is 0 Å². The van der Waals surface area contributed by atoms with Crippen LogP contribution in [-0.2, 0) is 0 Å². The molecule has 5 heteroatoms. The molecular formula is C14H15BrFN3. The molecule has 1 unspecified atom stereocenters. The molecule has 19 heavy (non-hydrogen) atoms. The lowest BCUT2D eigenvalue weighted by molar-refractivity contribution is 0.603. The Morgan fingerprint density at radius 1 is 1.16 bits per heavy atom. The summed E-state index contributed by atoms with van der Waals surface area (Å²) in [4.78, 5) is 0. The van der Waals surface area contributed by atoms with Gasteiger partial charge in [-0.25, -0.2) is 9.82 Å². The normalized spacial score (nSPS) is 12.4. The average molecular weight is 324 g/mol. The van der Waals surface area contributed by atoms with Crippen LogP contribution in [0.25, 0.3) is 0 Å². The highest BCUT2D eigenvalue weighted by Gasteiger charge is 2.18. The van der Waals surface area contributed by atoms with Crippen molar-refractivity contribution in [2.45, 2.75) is 13.0 Å². The summed E-state index contributed by atoms with van der Waals surface area (Å²) < 4.78 is 14.3. The summed E-state index contributed by atoms with van der Waals surface area (Å²) in [5.41, 5.74) is 11.8. The molecule has 0 fully saturated rings. The van der Waals surface area contributed by atoms with Crippen molar-refractivity contribution in [3.8, 4) is 0 Å². The van der Waals surface area contributed by atoms with Crippen LogP contribution in [0.3, 0.4) is 0 Å². The Morgan fingerprint density at radius 2 is 1.89 bits per heavy atom. The third kappa shape index (κ3) is 2.94. The Labute approximate surface area is 119 Å². The van der Waals surface area contributed by atoms with Crippen LogP contribution in [0.4, 0.5) is 10.1 Å². The highest BCUT2D eigenvalue weighted by molar-refractivity contribution is 9.10. The lowest BCUT2D eigenvalue weighted by Gasteiger charge is -2.21. The van der Waals surface area contributed by atoms with E-state index >= 15 is 0 Å². The standard InChI is InChI=1S/C14H15BrFN3/c1-8-2-4-10(16)7-11(8)14(19-18)12-6-9(15)3-5-13(12)17/h2-7,14,19H,17-18H2,1H3. The summed E-state index contributed by atoms with van der Waals surface area (Å²) in [5.74, 6) is 5.33. The first kappa shape index (κ1) is 14.0. The molecule has 5 N–H and O–H groups in total. The van der Waals surface area contributed by atoms with Crippen molar-refractivity contribution >= 4 is 21.6 Å². The summed E-state index contributed by atoms with van der Waals surface area (Å²) >= 11 is 3.40. The second-order valence-electron chi connectivity index (χ2n) is 4.37. The minimum atomic E-state index is -0.354. The maximum absolute atomic E-state index is 13.4. The molecule has 0 radical (unpaired) electrons. The maximum Gasteiger partial charge on any atom is 0.123 e. The lowest BCUT2D eigenvalue weighted by atomic mass is 9.94. The third-order valence-electron chi connectivity index (χ3n) is 3.08. The smallest absolute Gasteiger partial charge is 0.123 e. The molecular weight excluding hydrogens is 309 g/mol. The first-order valence-corrected chi connectivity index (χ1v) is 6.59. The van der Waals surface area contributed by atoms with E-state index in [2.05, 4.69) is 21.4 Å². The summed E-state index contributed by atoms with van der Waals surface area (Å²) in [6.45, 7) is 1.91. The predicted molar refractivity (Wildman–Crippen MR) is 78.9 cm³/mol. The second kappa shape index (κ2) is 5.69. The summed E-state index contributed by atoms with van der Waals surface area (Å²) in [6, 6.07) is 9.79. The van der Waals surface area contributed by atoms with E-state index in [1.165, 1.54) is 12.1 Å². The van der Waals surface area contributed by atoms with Crippen molar-refractivity contribution in [3.05, 3.63) is 63.4 Å². The van der Waals surface area contributed by atoms with Gasteiger partial charge in [0.2, 0.25) is 0 Å². The van der Waals surface area contributed by atoms with Gasteiger partial charge in [-0.3, -0.25) is 5.84 Å². The largest absolute Gasteiger partial charge is 0.398 e. The molecule has 0 spiro atoms. The highest BCUT2D eigenvalue weighted by Crippen LogP contribution is 2.30. The number of benzene rings is 2. The van der Waals surface area contributed by atoms with Crippen LogP contribution in [-0.4, -0.2) is 0 Å². The number of hydrogen-bond acceptors (Lipinski definition) is 3. The molecule has 3 nitrogen and oxygen atoms in total. The SMILES string of the molecule is Cc1ccc(F)cc1C(NN)c1cc(Br)ccc1N. The van der Waals surface area contributed by atoms with E-state index in [0.717, 1.165) is 21.2 Å². The van der Waals surface area contributed by atoms with E-state index in [0.29, 0.717) is 5.69 Å². The number of rotatable bonds is 3. The second-order valence-corrected chi connectivity index (χ2v) is 5.29. The van der Waals surface area contributed by atoms with Gasteiger partial charge < -0.3 is 5.73 Å². The monoisotopic (exact) mass is 323 g/mol. The third-order valence-corrected chi connectivity index (χ3v) is 3.57. The fourth-order valence-corrected chi connectivity index (χ4v) is 2.44. The van der Waals surface area contributed by atoms with Crippen LogP contribution >= 0.6 is 15.9 Å². The first-order chi connectivity index (χ1) is 9.02. The van der Waals surface area contributed by atoms with Gasteiger partial charge in [0.1, 0.15) is 5.82 Å². The number of hydrazine groups is 1. The minimum Gasteiger partial charge on any atom is -0.398 e. The fourth-order valence-electron chi connectivity index (χ4n) is 2.07. The molecule has 2 aromatic rings. The topological polar surface area (TPSA) is 64.1 Å². The molecule has 2 rings (SSSR count). The van der Waals surface area contributed by atoms with Crippen molar-refractivity contribution < 1.29 is 4.39 Å². The van der Waals surface area contributed by atoms with Crippen molar-refractivity contribution in [3.63, 3.8) is 0 Å². The predicted octanol–water partition coefficient (Wildman–Crippen LogP) is 3.03. The van der Waals surface area contributed by atoms with Crippen LogP contribution in [0.15, 0.2) is 40.9 Å². The maximum atomic E-state index is 13.4. The summed E-state index contributed by atoms with van der Waals surface area (Å²) in [5, 5.41) is 0. The Balaban J connectivity index is 2.55. The molecule has 0 aliphatic rings.